The number of hydrogen-bond acceptors (Lipinski definition) is 6. The molecule has 0 N–H and O–H groups in total. The number of ether oxygens (including phenoxy) is 2. The fourth-order valence-electron chi connectivity index (χ4n) is 4.15. The van der Waals surface area contributed by atoms with Crippen LogP contribution < -0.4 is 4.90 Å². The molecule has 4 rings (SSSR count). The van der Waals surface area contributed by atoms with Crippen molar-refractivity contribution in [1.29, 1.82) is 5.26 Å². The molecule has 7 heteroatoms. The molecule has 0 unspecified atom stereocenters. The van der Waals surface area contributed by atoms with Crippen LogP contribution in [0.3, 0.4) is 0 Å². The largest absolute Gasteiger partial charge is 0.444 e. The summed E-state index contributed by atoms with van der Waals surface area (Å²) in [6.45, 7) is 9.08. The molecular formula is C23H32N4O3. The zero-order valence-corrected chi connectivity index (χ0v) is 18.3. The van der Waals surface area contributed by atoms with E-state index in [1.54, 1.807) is 0 Å². The lowest BCUT2D eigenvalue weighted by Gasteiger charge is -2.41. The fraction of sp³-hybridized carbons (Fsp3) is 0.696. The van der Waals surface area contributed by atoms with Crippen LogP contribution in [0.4, 0.5) is 10.5 Å². The number of piperidine rings is 1. The van der Waals surface area contributed by atoms with Crippen LogP contribution in [0.5, 0.6) is 0 Å². The SMILES string of the molecule is CC(C)(C)OC(=O)N(CC1CC1)[C@@H]1CCCN(c2ccc(C3(C#N)COC3)nc2)C1. The Hall–Kier alpha value is -2.33. The fourth-order valence-corrected chi connectivity index (χ4v) is 4.15. The highest BCUT2D eigenvalue weighted by Crippen LogP contribution is 2.34. The summed E-state index contributed by atoms with van der Waals surface area (Å²) < 4.78 is 11.0. The Morgan fingerprint density at radius 3 is 2.67 bits per heavy atom. The summed E-state index contributed by atoms with van der Waals surface area (Å²) in [5, 5.41) is 9.48. The molecule has 7 nitrogen and oxygen atoms in total. The number of nitriles is 1. The lowest BCUT2D eigenvalue weighted by atomic mass is 9.84. The van der Waals surface area contributed by atoms with Gasteiger partial charge in [0, 0.05) is 19.6 Å². The van der Waals surface area contributed by atoms with Gasteiger partial charge < -0.3 is 19.3 Å². The maximum Gasteiger partial charge on any atom is 0.410 e. The highest BCUT2D eigenvalue weighted by atomic mass is 16.6. The Morgan fingerprint density at radius 1 is 1.37 bits per heavy atom. The molecule has 2 aliphatic heterocycles. The van der Waals surface area contributed by atoms with Gasteiger partial charge >= 0.3 is 6.09 Å². The third kappa shape index (κ3) is 4.54. The van der Waals surface area contributed by atoms with Gasteiger partial charge in [-0.25, -0.2) is 4.79 Å². The summed E-state index contributed by atoms with van der Waals surface area (Å²) in [5.74, 6) is 0.612. The first-order chi connectivity index (χ1) is 14.3. The minimum Gasteiger partial charge on any atom is -0.444 e. The van der Waals surface area contributed by atoms with Gasteiger partial charge in [0.1, 0.15) is 11.0 Å². The van der Waals surface area contributed by atoms with Crippen molar-refractivity contribution in [2.45, 2.75) is 63.5 Å². The molecule has 3 aliphatic rings. The number of rotatable bonds is 5. The average molecular weight is 413 g/mol. The van der Waals surface area contributed by atoms with Crippen LogP contribution in [-0.2, 0) is 14.9 Å². The number of aromatic nitrogens is 1. The molecule has 3 fully saturated rings. The molecule has 162 valence electrons. The first-order valence-electron chi connectivity index (χ1n) is 11.0. The van der Waals surface area contributed by atoms with E-state index in [2.05, 4.69) is 16.0 Å². The van der Waals surface area contributed by atoms with Gasteiger partial charge in [-0.15, -0.1) is 0 Å². The Labute approximate surface area is 179 Å². The molecule has 1 atom stereocenters. The van der Waals surface area contributed by atoms with Gasteiger partial charge in [-0.1, -0.05) is 0 Å². The van der Waals surface area contributed by atoms with E-state index in [1.165, 1.54) is 12.8 Å². The predicted octanol–water partition coefficient (Wildman–Crippen LogP) is 3.49. The summed E-state index contributed by atoms with van der Waals surface area (Å²) in [6, 6.07) is 6.47. The molecule has 1 aromatic heterocycles. The number of anilines is 1. The minimum absolute atomic E-state index is 0.138. The number of carbonyl (C=O) groups excluding carboxylic acids is 1. The predicted molar refractivity (Wildman–Crippen MR) is 113 cm³/mol. The second kappa shape index (κ2) is 8.07. The highest BCUT2D eigenvalue weighted by molar-refractivity contribution is 5.69. The van der Waals surface area contributed by atoms with Crippen LogP contribution in [0.15, 0.2) is 18.3 Å². The molecule has 1 saturated carbocycles. The van der Waals surface area contributed by atoms with Crippen molar-refractivity contribution in [2.24, 2.45) is 5.92 Å². The van der Waals surface area contributed by atoms with E-state index in [0.29, 0.717) is 19.1 Å². The third-order valence-corrected chi connectivity index (χ3v) is 6.13. The minimum atomic E-state index is -0.596. The van der Waals surface area contributed by atoms with Crippen LogP contribution in [0.25, 0.3) is 0 Å². The van der Waals surface area contributed by atoms with E-state index in [9.17, 15) is 10.1 Å². The van der Waals surface area contributed by atoms with Gasteiger partial charge in [0.2, 0.25) is 0 Å². The summed E-state index contributed by atoms with van der Waals surface area (Å²) in [7, 11) is 0. The second-order valence-corrected chi connectivity index (χ2v) is 9.91. The van der Waals surface area contributed by atoms with Crippen molar-refractivity contribution in [3.8, 4) is 6.07 Å². The van der Waals surface area contributed by atoms with Crippen molar-refractivity contribution in [2.75, 3.05) is 37.7 Å². The van der Waals surface area contributed by atoms with Gasteiger partial charge in [0.25, 0.3) is 0 Å². The maximum atomic E-state index is 12.9. The monoisotopic (exact) mass is 412 g/mol. The normalized spacial score (nSPS) is 23.3. The lowest BCUT2D eigenvalue weighted by molar-refractivity contribution is -0.0317. The smallest absolute Gasteiger partial charge is 0.410 e. The van der Waals surface area contributed by atoms with E-state index in [-0.39, 0.29) is 12.1 Å². The van der Waals surface area contributed by atoms with Crippen LogP contribution in [-0.4, -0.2) is 60.5 Å². The molecule has 2 saturated heterocycles. The van der Waals surface area contributed by atoms with Crippen molar-refractivity contribution >= 4 is 11.8 Å². The summed E-state index contributed by atoms with van der Waals surface area (Å²) in [4.78, 5) is 21.8. The summed E-state index contributed by atoms with van der Waals surface area (Å²) >= 11 is 0. The standard InChI is InChI=1S/C23H32N4O3/c1-22(2,3)30-21(28)27(12-17-6-7-17)19-5-4-10-26(13-19)18-8-9-20(25-11-18)23(14-24)15-29-16-23/h8-9,11,17,19H,4-7,10,12-13,15-16H2,1-3H3/t19-/m1/s1. The average Bonchev–Trinajstić information content (AvgIpc) is 3.49. The summed E-state index contributed by atoms with van der Waals surface area (Å²) in [5.41, 5.74) is 0.723. The number of nitrogens with zero attached hydrogens (tertiary/aromatic N) is 4. The topological polar surface area (TPSA) is 78.7 Å². The molecule has 0 aromatic carbocycles. The van der Waals surface area contributed by atoms with E-state index < -0.39 is 11.0 Å². The molecular weight excluding hydrogens is 380 g/mol. The number of amides is 1. The molecule has 0 radical (unpaired) electrons. The van der Waals surface area contributed by atoms with E-state index in [0.717, 1.165) is 43.9 Å². The molecule has 1 aromatic rings. The maximum absolute atomic E-state index is 12.9. The van der Waals surface area contributed by atoms with Gasteiger partial charge in [-0.2, -0.15) is 5.26 Å². The lowest BCUT2D eigenvalue weighted by Crippen LogP contribution is -2.52. The zero-order chi connectivity index (χ0) is 21.4. The van der Waals surface area contributed by atoms with Gasteiger partial charge in [0.05, 0.1) is 42.9 Å². The van der Waals surface area contributed by atoms with E-state index in [1.807, 2.05) is 44.0 Å². The summed E-state index contributed by atoms with van der Waals surface area (Å²) in [6.07, 6.45) is 6.07. The Bertz CT molecular complexity index is 803. The first-order valence-corrected chi connectivity index (χ1v) is 11.0. The van der Waals surface area contributed by atoms with Gasteiger partial charge in [-0.05, 0) is 64.5 Å². The van der Waals surface area contributed by atoms with Crippen molar-refractivity contribution in [3.63, 3.8) is 0 Å². The molecule has 0 spiro atoms. The number of carbonyl (C=O) groups is 1. The Morgan fingerprint density at radius 2 is 2.13 bits per heavy atom. The molecule has 3 heterocycles. The van der Waals surface area contributed by atoms with Crippen LogP contribution in [0, 0.1) is 17.2 Å². The zero-order valence-electron chi connectivity index (χ0n) is 18.3. The highest BCUT2D eigenvalue weighted by Gasteiger charge is 2.42. The molecule has 30 heavy (non-hydrogen) atoms. The van der Waals surface area contributed by atoms with Crippen molar-refractivity contribution < 1.29 is 14.3 Å². The van der Waals surface area contributed by atoms with Gasteiger partial charge in [-0.3, -0.25) is 4.98 Å². The number of pyridine rings is 1. The van der Waals surface area contributed by atoms with Crippen LogP contribution in [0.2, 0.25) is 0 Å². The first kappa shape index (κ1) is 20.9. The third-order valence-electron chi connectivity index (χ3n) is 6.13. The van der Waals surface area contributed by atoms with Crippen LogP contribution in [0.1, 0.15) is 52.1 Å². The molecule has 1 aliphatic carbocycles. The van der Waals surface area contributed by atoms with E-state index >= 15 is 0 Å². The second-order valence-electron chi connectivity index (χ2n) is 9.91. The van der Waals surface area contributed by atoms with E-state index in [4.69, 9.17) is 9.47 Å². The Kier molecular flexibility index (Phi) is 5.63. The molecule has 1 amide bonds. The Balaban J connectivity index is 1.46. The van der Waals surface area contributed by atoms with Crippen molar-refractivity contribution in [3.05, 3.63) is 24.0 Å². The number of hydrogen-bond donors (Lipinski definition) is 0. The van der Waals surface area contributed by atoms with Crippen molar-refractivity contribution in [1.82, 2.24) is 9.88 Å². The van der Waals surface area contributed by atoms with Crippen LogP contribution >= 0.6 is 0 Å². The molecule has 0 bridgehead atoms. The quantitative estimate of drug-likeness (QED) is 0.737. The van der Waals surface area contributed by atoms with Gasteiger partial charge in [0.15, 0.2) is 0 Å².